The summed E-state index contributed by atoms with van der Waals surface area (Å²) in [6, 6.07) is 1.86. The van der Waals surface area contributed by atoms with Crippen molar-refractivity contribution in [3.05, 3.63) is 47.0 Å². The Bertz CT molecular complexity index is 1480. The molecular weight excluding hydrogens is 608 g/mol. The number of aliphatic hydroxyl groups is 1. The molecule has 1 aromatic rings. The smallest absolute Gasteiger partial charge is 0.333 e. The zero-order valence-corrected chi connectivity index (χ0v) is 28.8. The molecule has 2 saturated carbocycles. The molecule has 4 aliphatic rings. The average molecular weight is 657 g/mol. The van der Waals surface area contributed by atoms with E-state index >= 15 is 0 Å². The van der Waals surface area contributed by atoms with Gasteiger partial charge in [-0.25, -0.2) is 4.79 Å². The molecule has 47 heavy (non-hydrogen) atoms. The number of carbonyl (C=O) groups is 4. The van der Waals surface area contributed by atoms with Gasteiger partial charge in [0.2, 0.25) is 0 Å². The average Bonchev–Trinajstić information content (AvgIpc) is 3.73. The van der Waals surface area contributed by atoms with E-state index in [-0.39, 0.29) is 25.4 Å². The van der Waals surface area contributed by atoms with Crippen molar-refractivity contribution >= 4 is 23.9 Å². The maximum Gasteiger partial charge on any atom is 0.333 e. The zero-order chi connectivity index (χ0) is 34.6. The van der Waals surface area contributed by atoms with Crippen LogP contribution in [0.1, 0.15) is 86.1 Å². The maximum atomic E-state index is 13.7. The summed E-state index contributed by atoms with van der Waals surface area (Å²) in [5.41, 5.74) is -0.205. The van der Waals surface area contributed by atoms with Crippen molar-refractivity contribution in [1.82, 2.24) is 0 Å². The van der Waals surface area contributed by atoms with Gasteiger partial charge >= 0.3 is 23.9 Å². The zero-order valence-electron chi connectivity index (χ0n) is 28.8. The summed E-state index contributed by atoms with van der Waals surface area (Å²) in [5.74, 6) is -3.45. The monoisotopic (exact) mass is 656 g/mol. The van der Waals surface area contributed by atoms with Crippen LogP contribution in [-0.2, 0) is 42.9 Å². The Morgan fingerprint density at radius 2 is 1.68 bits per heavy atom. The number of furan rings is 1. The minimum atomic E-state index is -1.21. The molecule has 5 rings (SSSR count). The SMILES string of the molecule is CC=C(C)C(=O)OC1C2OCC3(C)C(OC(C)=O)CC(OC(C)=O)C(C)(C23)C(CC(=O)OC)C1(C)C1=C(C)C(c2ccoc2)CC1O. The lowest BCUT2D eigenvalue weighted by atomic mass is 9.39. The van der Waals surface area contributed by atoms with E-state index in [0.717, 1.165) is 11.1 Å². The van der Waals surface area contributed by atoms with Gasteiger partial charge in [-0.1, -0.05) is 32.4 Å². The number of esters is 4. The second-order valence-corrected chi connectivity index (χ2v) is 14.4. The van der Waals surface area contributed by atoms with Crippen molar-refractivity contribution in [2.24, 2.45) is 28.1 Å². The maximum absolute atomic E-state index is 13.7. The topological polar surface area (TPSA) is 148 Å². The quantitative estimate of drug-likeness (QED) is 0.178. The highest BCUT2D eigenvalue weighted by Gasteiger charge is 2.77. The van der Waals surface area contributed by atoms with Gasteiger partial charge in [0, 0.05) is 60.3 Å². The van der Waals surface area contributed by atoms with Crippen LogP contribution < -0.4 is 0 Å². The van der Waals surface area contributed by atoms with Gasteiger partial charge in [-0.2, -0.15) is 0 Å². The number of hydrogen-bond donors (Lipinski definition) is 1. The summed E-state index contributed by atoms with van der Waals surface area (Å²) in [6.07, 6.45) is 1.09. The highest BCUT2D eigenvalue weighted by Crippen LogP contribution is 2.72. The summed E-state index contributed by atoms with van der Waals surface area (Å²) in [5, 5.41) is 12.0. The molecule has 258 valence electrons. The lowest BCUT2D eigenvalue weighted by molar-refractivity contribution is -0.260. The highest BCUT2D eigenvalue weighted by atomic mass is 16.6. The van der Waals surface area contributed by atoms with E-state index in [4.69, 9.17) is 28.1 Å². The minimum absolute atomic E-state index is 0.130. The molecular formula is C36H48O11. The van der Waals surface area contributed by atoms with Crippen LogP contribution in [0.25, 0.3) is 0 Å². The molecule has 1 N–H and O–H groups in total. The molecule has 11 nitrogen and oxygen atoms in total. The van der Waals surface area contributed by atoms with Crippen LogP contribution in [0.4, 0.5) is 0 Å². The van der Waals surface area contributed by atoms with E-state index in [1.807, 2.05) is 33.8 Å². The third-order valence-electron chi connectivity index (χ3n) is 12.0. The fourth-order valence-corrected chi connectivity index (χ4v) is 9.91. The van der Waals surface area contributed by atoms with Crippen molar-refractivity contribution in [3.63, 3.8) is 0 Å². The number of carbonyl (C=O) groups excluding carboxylic acids is 4. The summed E-state index contributed by atoms with van der Waals surface area (Å²) >= 11 is 0. The van der Waals surface area contributed by atoms with Crippen molar-refractivity contribution in [3.8, 4) is 0 Å². The summed E-state index contributed by atoms with van der Waals surface area (Å²) in [7, 11) is 1.31. The van der Waals surface area contributed by atoms with E-state index in [1.165, 1.54) is 21.0 Å². The molecule has 3 aliphatic carbocycles. The first-order chi connectivity index (χ1) is 22.0. The number of rotatable bonds is 8. The molecule has 11 atom stereocenters. The van der Waals surface area contributed by atoms with Crippen LogP contribution in [0, 0.1) is 28.1 Å². The molecule has 0 spiro atoms. The van der Waals surface area contributed by atoms with E-state index < -0.39 is 82.5 Å². The number of methoxy groups -OCH3 is 1. The third kappa shape index (κ3) is 5.43. The van der Waals surface area contributed by atoms with Gasteiger partial charge in [0.05, 0.1) is 38.5 Å². The minimum Gasteiger partial charge on any atom is -0.472 e. The normalized spacial score (nSPS) is 39.7. The van der Waals surface area contributed by atoms with Crippen LogP contribution in [0.5, 0.6) is 0 Å². The van der Waals surface area contributed by atoms with E-state index in [2.05, 4.69) is 0 Å². The predicted octanol–water partition coefficient (Wildman–Crippen LogP) is 4.82. The lowest BCUT2D eigenvalue weighted by Crippen LogP contribution is -2.72. The van der Waals surface area contributed by atoms with Crippen LogP contribution in [0.2, 0.25) is 0 Å². The van der Waals surface area contributed by atoms with Crippen molar-refractivity contribution in [2.75, 3.05) is 13.7 Å². The summed E-state index contributed by atoms with van der Waals surface area (Å²) in [4.78, 5) is 52.3. The van der Waals surface area contributed by atoms with Crippen LogP contribution in [-0.4, -0.2) is 73.2 Å². The summed E-state index contributed by atoms with van der Waals surface area (Å²) in [6.45, 7) is 14.1. The third-order valence-corrected chi connectivity index (χ3v) is 12.0. The first kappa shape index (κ1) is 34.9. The number of aliphatic hydroxyl groups excluding tert-OH is 1. The summed E-state index contributed by atoms with van der Waals surface area (Å²) < 4.78 is 35.8. The molecule has 1 aromatic heterocycles. The Balaban J connectivity index is 1.82. The van der Waals surface area contributed by atoms with Crippen molar-refractivity contribution in [2.45, 2.75) is 111 Å². The number of allylic oxidation sites excluding steroid dienone is 2. The van der Waals surface area contributed by atoms with Crippen LogP contribution in [0.15, 0.2) is 45.8 Å². The standard InChI is InChI=1S/C36H48O11/c1-10-18(2)33(41)47-32-30-31-34(6,17-44-30)26(45-20(4)37)15-27(46-21(5)38)35(31,7)25(14-28(40)42-9)36(32,8)29-19(3)23(13-24(29)39)22-11-12-43-16-22/h10-12,16,23-27,30-32,39H,13-15,17H2,1-9H3. The van der Waals surface area contributed by atoms with Crippen molar-refractivity contribution < 1.29 is 52.4 Å². The number of ether oxygens (including phenoxy) is 5. The Morgan fingerprint density at radius 3 is 2.26 bits per heavy atom. The Kier molecular flexibility index (Phi) is 9.31. The van der Waals surface area contributed by atoms with E-state index in [1.54, 1.807) is 32.4 Å². The Morgan fingerprint density at radius 1 is 1.02 bits per heavy atom. The molecule has 2 heterocycles. The van der Waals surface area contributed by atoms with Gasteiger partial charge in [0.25, 0.3) is 0 Å². The molecule has 11 heteroatoms. The Labute approximate surface area is 276 Å². The van der Waals surface area contributed by atoms with Crippen LogP contribution >= 0.6 is 0 Å². The van der Waals surface area contributed by atoms with Gasteiger partial charge < -0.3 is 33.2 Å². The molecule has 1 aliphatic heterocycles. The van der Waals surface area contributed by atoms with E-state index in [9.17, 15) is 24.3 Å². The van der Waals surface area contributed by atoms with Gasteiger partial charge in [-0.05, 0) is 50.3 Å². The molecule has 1 saturated heterocycles. The van der Waals surface area contributed by atoms with Crippen LogP contribution in [0.3, 0.4) is 0 Å². The van der Waals surface area contributed by atoms with Gasteiger partial charge in [-0.3, -0.25) is 14.4 Å². The number of hydrogen-bond acceptors (Lipinski definition) is 11. The Hall–Kier alpha value is -3.44. The largest absolute Gasteiger partial charge is 0.472 e. The first-order valence-corrected chi connectivity index (χ1v) is 16.3. The second kappa shape index (κ2) is 12.5. The second-order valence-electron chi connectivity index (χ2n) is 14.4. The first-order valence-electron chi connectivity index (χ1n) is 16.3. The highest BCUT2D eigenvalue weighted by molar-refractivity contribution is 5.88. The van der Waals surface area contributed by atoms with E-state index in [0.29, 0.717) is 17.6 Å². The molecule has 11 unspecified atom stereocenters. The van der Waals surface area contributed by atoms with Gasteiger partial charge in [-0.15, -0.1) is 0 Å². The molecule has 0 radical (unpaired) electrons. The molecule has 0 amide bonds. The fraction of sp³-hybridized carbons (Fsp3) is 0.667. The van der Waals surface area contributed by atoms with Gasteiger partial charge in [0.1, 0.15) is 18.3 Å². The lowest BCUT2D eigenvalue weighted by Gasteiger charge is -2.66. The molecule has 0 bridgehead atoms. The predicted molar refractivity (Wildman–Crippen MR) is 167 cm³/mol. The van der Waals surface area contributed by atoms with Gasteiger partial charge in [0.15, 0.2) is 0 Å². The van der Waals surface area contributed by atoms with Crippen molar-refractivity contribution in [1.29, 1.82) is 0 Å². The molecule has 3 fully saturated rings. The molecule has 0 aromatic carbocycles. The fourth-order valence-electron chi connectivity index (χ4n) is 9.91.